The molecule has 0 aliphatic carbocycles. The number of hydrogen-bond donors (Lipinski definition) is 1. The van der Waals surface area contributed by atoms with Gasteiger partial charge in [-0.3, -0.25) is 14.3 Å². The number of carboxylic acid groups (broad SMARTS) is 1. The van der Waals surface area contributed by atoms with E-state index in [0.717, 1.165) is 11.1 Å². The number of aliphatic carboxylic acids is 1. The molecule has 1 saturated heterocycles. The topological polar surface area (TPSA) is 75.4 Å². The Bertz CT molecular complexity index is 665. The van der Waals surface area contributed by atoms with Crippen LogP contribution in [0, 0.1) is 5.92 Å². The normalized spacial score (nSPS) is 22.0. The number of carbonyl (C=O) groups is 2. The van der Waals surface area contributed by atoms with Crippen LogP contribution in [0.4, 0.5) is 0 Å². The number of carbonyl (C=O) groups excluding carboxylic acids is 1. The highest BCUT2D eigenvalue weighted by molar-refractivity contribution is 7.07. The fourth-order valence-corrected chi connectivity index (χ4v) is 3.44. The number of amides is 1. The molecular formula is C14H15N3O3S. The zero-order valence-electron chi connectivity index (χ0n) is 11.5. The lowest BCUT2D eigenvalue weighted by Crippen LogP contribution is -2.29. The van der Waals surface area contributed by atoms with Crippen LogP contribution in [-0.2, 0) is 23.2 Å². The second-order valence-electron chi connectivity index (χ2n) is 5.19. The maximum Gasteiger partial charge on any atom is 0.309 e. The van der Waals surface area contributed by atoms with E-state index in [-0.39, 0.29) is 12.3 Å². The van der Waals surface area contributed by atoms with Crippen LogP contribution in [0.1, 0.15) is 23.6 Å². The van der Waals surface area contributed by atoms with Gasteiger partial charge in [0.2, 0.25) is 5.91 Å². The summed E-state index contributed by atoms with van der Waals surface area (Å²) in [7, 11) is 1.78. The lowest BCUT2D eigenvalue weighted by molar-refractivity contribution is -0.142. The van der Waals surface area contributed by atoms with E-state index in [4.69, 9.17) is 0 Å². The standard InChI is InChI=1S/C14H15N3O3S/c1-16-7-10(5-15-16)13-11(14(19)20)4-12(18)17(13)6-9-2-3-21-8-9/h2-3,5,7-8,11,13H,4,6H2,1H3,(H,19,20)/t11-,13+/m1/s1. The Kier molecular flexibility index (Phi) is 3.50. The van der Waals surface area contributed by atoms with Gasteiger partial charge < -0.3 is 10.0 Å². The number of carboxylic acids is 1. The molecule has 1 fully saturated rings. The fourth-order valence-electron chi connectivity index (χ4n) is 2.78. The minimum atomic E-state index is -0.940. The third kappa shape index (κ3) is 2.56. The third-order valence-electron chi connectivity index (χ3n) is 3.75. The summed E-state index contributed by atoms with van der Waals surface area (Å²) in [5, 5.41) is 17.4. The Morgan fingerprint density at radius 2 is 2.38 bits per heavy atom. The minimum absolute atomic E-state index is 0.0407. The molecule has 3 rings (SSSR count). The first-order valence-electron chi connectivity index (χ1n) is 6.58. The van der Waals surface area contributed by atoms with E-state index in [2.05, 4.69) is 5.10 Å². The Hall–Kier alpha value is -2.15. The van der Waals surface area contributed by atoms with Crippen molar-refractivity contribution in [3.8, 4) is 0 Å². The van der Waals surface area contributed by atoms with Crippen LogP contribution in [0.15, 0.2) is 29.2 Å². The van der Waals surface area contributed by atoms with Gasteiger partial charge in [0.1, 0.15) is 0 Å². The van der Waals surface area contributed by atoms with Crippen LogP contribution in [0.5, 0.6) is 0 Å². The number of aromatic nitrogens is 2. The van der Waals surface area contributed by atoms with Crippen molar-refractivity contribution < 1.29 is 14.7 Å². The Balaban J connectivity index is 1.95. The van der Waals surface area contributed by atoms with Gasteiger partial charge in [-0.1, -0.05) is 0 Å². The molecule has 6 nitrogen and oxygen atoms in total. The summed E-state index contributed by atoms with van der Waals surface area (Å²) in [5.74, 6) is -1.78. The van der Waals surface area contributed by atoms with Gasteiger partial charge in [0.05, 0.1) is 18.2 Å². The molecule has 1 N–H and O–H groups in total. The summed E-state index contributed by atoms with van der Waals surface area (Å²) >= 11 is 1.56. The van der Waals surface area contributed by atoms with Gasteiger partial charge in [0, 0.05) is 31.8 Å². The zero-order valence-corrected chi connectivity index (χ0v) is 12.3. The highest BCUT2D eigenvalue weighted by Crippen LogP contribution is 2.39. The van der Waals surface area contributed by atoms with Crippen molar-refractivity contribution in [2.75, 3.05) is 0 Å². The zero-order chi connectivity index (χ0) is 15.0. The molecule has 110 valence electrons. The lowest BCUT2D eigenvalue weighted by atomic mass is 9.96. The Morgan fingerprint density at radius 3 is 2.95 bits per heavy atom. The van der Waals surface area contributed by atoms with Gasteiger partial charge in [-0.25, -0.2) is 0 Å². The van der Waals surface area contributed by atoms with Crippen molar-refractivity contribution in [1.82, 2.24) is 14.7 Å². The predicted molar refractivity (Wildman–Crippen MR) is 76.6 cm³/mol. The van der Waals surface area contributed by atoms with Crippen molar-refractivity contribution in [2.45, 2.75) is 19.0 Å². The maximum atomic E-state index is 12.2. The average Bonchev–Trinajstić information content (AvgIpc) is 3.13. The lowest BCUT2D eigenvalue weighted by Gasteiger charge is -2.25. The van der Waals surface area contributed by atoms with Crippen molar-refractivity contribution in [1.29, 1.82) is 0 Å². The summed E-state index contributed by atoms with van der Waals surface area (Å²) in [6.07, 6.45) is 3.46. The molecular weight excluding hydrogens is 290 g/mol. The quantitative estimate of drug-likeness (QED) is 0.932. The number of rotatable bonds is 4. The first-order valence-corrected chi connectivity index (χ1v) is 7.52. The molecule has 0 unspecified atom stereocenters. The van der Waals surface area contributed by atoms with Crippen LogP contribution >= 0.6 is 11.3 Å². The number of thiophene rings is 1. The second kappa shape index (κ2) is 5.33. The number of nitrogens with zero attached hydrogens (tertiary/aromatic N) is 3. The number of aryl methyl sites for hydroxylation is 1. The van der Waals surface area contributed by atoms with E-state index >= 15 is 0 Å². The molecule has 1 aliphatic heterocycles. The molecule has 21 heavy (non-hydrogen) atoms. The summed E-state index contributed by atoms with van der Waals surface area (Å²) in [6, 6.07) is 1.50. The van der Waals surface area contributed by atoms with Crippen LogP contribution in [-0.4, -0.2) is 31.7 Å². The number of likely N-dealkylation sites (tertiary alicyclic amines) is 1. The smallest absolute Gasteiger partial charge is 0.309 e. The monoisotopic (exact) mass is 305 g/mol. The van der Waals surface area contributed by atoms with E-state index in [9.17, 15) is 14.7 Å². The second-order valence-corrected chi connectivity index (χ2v) is 5.97. The van der Waals surface area contributed by atoms with Gasteiger partial charge in [-0.2, -0.15) is 16.4 Å². The molecule has 0 saturated carbocycles. The predicted octanol–water partition coefficient (Wildman–Crippen LogP) is 1.66. The summed E-state index contributed by atoms with van der Waals surface area (Å²) in [6.45, 7) is 0.436. The first kappa shape index (κ1) is 13.8. The van der Waals surface area contributed by atoms with E-state index < -0.39 is 17.9 Å². The Morgan fingerprint density at radius 1 is 1.57 bits per heavy atom. The van der Waals surface area contributed by atoms with Crippen molar-refractivity contribution in [3.63, 3.8) is 0 Å². The van der Waals surface area contributed by atoms with Crippen LogP contribution < -0.4 is 0 Å². The van der Waals surface area contributed by atoms with Crippen molar-refractivity contribution >= 4 is 23.2 Å². The molecule has 2 aromatic heterocycles. The molecule has 0 radical (unpaired) electrons. The molecule has 7 heteroatoms. The van der Waals surface area contributed by atoms with Crippen molar-refractivity contribution in [2.24, 2.45) is 13.0 Å². The molecule has 2 atom stereocenters. The largest absolute Gasteiger partial charge is 0.481 e. The highest BCUT2D eigenvalue weighted by Gasteiger charge is 2.45. The average molecular weight is 305 g/mol. The fraction of sp³-hybridized carbons (Fsp3) is 0.357. The molecule has 1 amide bonds. The van der Waals surface area contributed by atoms with Crippen LogP contribution in [0.3, 0.4) is 0 Å². The Labute approximate surface area is 125 Å². The number of hydrogen-bond acceptors (Lipinski definition) is 4. The van der Waals surface area contributed by atoms with E-state index in [1.807, 2.05) is 16.8 Å². The summed E-state index contributed by atoms with van der Waals surface area (Å²) < 4.78 is 1.62. The molecule has 0 bridgehead atoms. The van der Waals surface area contributed by atoms with Crippen LogP contribution in [0.25, 0.3) is 0 Å². The third-order valence-corrected chi connectivity index (χ3v) is 4.48. The molecule has 1 aliphatic rings. The van der Waals surface area contributed by atoms with Gasteiger partial charge >= 0.3 is 5.97 Å². The first-order chi connectivity index (χ1) is 10.1. The van der Waals surface area contributed by atoms with E-state index in [0.29, 0.717) is 6.54 Å². The van der Waals surface area contributed by atoms with Crippen LogP contribution in [0.2, 0.25) is 0 Å². The molecule has 0 aromatic carbocycles. The van der Waals surface area contributed by atoms with Gasteiger partial charge in [0.15, 0.2) is 0 Å². The van der Waals surface area contributed by atoms with E-state index in [1.54, 1.807) is 40.4 Å². The summed E-state index contributed by atoms with van der Waals surface area (Å²) in [4.78, 5) is 25.4. The van der Waals surface area contributed by atoms with Gasteiger partial charge in [-0.15, -0.1) is 0 Å². The molecule has 3 heterocycles. The van der Waals surface area contributed by atoms with Gasteiger partial charge in [0.25, 0.3) is 0 Å². The highest BCUT2D eigenvalue weighted by atomic mass is 32.1. The molecule has 2 aromatic rings. The summed E-state index contributed by atoms with van der Waals surface area (Å²) in [5.41, 5.74) is 1.79. The van der Waals surface area contributed by atoms with E-state index in [1.165, 1.54) is 0 Å². The molecule has 0 spiro atoms. The minimum Gasteiger partial charge on any atom is -0.481 e. The SMILES string of the molecule is Cn1cc([C@H]2[C@H](C(=O)O)CC(=O)N2Cc2ccsc2)cn1. The maximum absolute atomic E-state index is 12.2. The van der Waals surface area contributed by atoms with Gasteiger partial charge in [-0.05, 0) is 22.4 Å². The van der Waals surface area contributed by atoms with Crippen molar-refractivity contribution in [3.05, 3.63) is 40.3 Å².